The van der Waals surface area contributed by atoms with Gasteiger partial charge >= 0.3 is 9.05 Å². The largest absolute Gasteiger partial charge is 0.694 e. The molecule has 0 bridgehead atoms. The Morgan fingerprint density at radius 3 is 1.84 bits per heavy atom. The monoisotopic (exact) mass is 332 g/mol. The summed E-state index contributed by atoms with van der Waals surface area (Å²) in [6.45, 7) is 8.51. The molecule has 0 aromatic rings. The maximum absolute atomic E-state index is 12.1. The van der Waals surface area contributed by atoms with Crippen LogP contribution in [0.15, 0.2) is 0 Å². The van der Waals surface area contributed by atoms with Gasteiger partial charge in [0.05, 0.1) is 6.61 Å². The highest BCUT2D eigenvalue weighted by molar-refractivity contribution is 8.27. The summed E-state index contributed by atoms with van der Waals surface area (Å²) in [6, 6.07) is 0. The molecule has 6 nitrogen and oxygen atoms in total. The molecule has 1 atom stereocenters. The first-order valence-electron chi connectivity index (χ1n) is 6.47. The van der Waals surface area contributed by atoms with Crippen molar-refractivity contribution in [1.82, 2.24) is 0 Å². The Balaban J connectivity index is 4.76. The van der Waals surface area contributed by atoms with Crippen molar-refractivity contribution in [2.24, 2.45) is 0 Å². The Morgan fingerprint density at radius 2 is 1.47 bits per heavy atom. The van der Waals surface area contributed by atoms with Gasteiger partial charge < -0.3 is 13.3 Å². The molecule has 0 aliphatic heterocycles. The summed E-state index contributed by atoms with van der Waals surface area (Å²) >= 11 is 4.83. The molecule has 0 aromatic carbocycles. The third-order valence-corrected chi connectivity index (χ3v) is 6.81. The van der Waals surface area contributed by atoms with Gasteiger partial charge in [-0.15, -0.1) is 0 Å². The molecular formula is C10H24O6S2Si. The predicted octanol–water partition coefficient (Wildman–Crippen LogP) is 1.94. The van der Waals surface area contributed by atoms with Crippen molar-refractivity contribution in [3.8, 4) is 0 Å². The fourth-order valence-electron chi connectivity index (χ4n) is 1.18. The summed E-state index contributed by atoms with van der Waals surface area (Å²) in [5.41, 5.74) is 0. The summed E-state index contributed by atoms with van der Waals surface area (Å²) in [5.74, 6) is 0. The van der Waals surface area contributed by atoms with Crippen molar-refractivity contribution in [2.75, 3.05) is 26.4 Å². The SMILES string of the molecule is CCCCOS(=O)(=S)O[Si](OCC)(OCC)OCC. The molecule has 0 radical (unpaired) electrons. The van der Waals surface area contributed by atoms with Crippen molar-refractivity contribution >= 4 is 29.3 Å². The van der Waals surface area contributed by atoms with E-state index in [1.165, 1.54) is 0 Å². The normalized spacial score (nSPS) is 15.4. The Bertz CT molecular complexity index is 305. The Labute approximate surface area is 122 Å². The predicted molar refractivity (Wildman–Crippen MR) is 78.1 cm³/mol. The van der Waals surface area contributed by atoms with Gasteiger partial charge in [-0.1, -0.05) is 13.3 Å². The minimum absolute atomic E-state index is 0.272. The van der Waals surface area contributed by atoms with Crippen LogP contribution in [0.25, 0.3) is 0 Å². The third-order valence-electron chi connectivity index (χ3n) is 1.89. The van der Waals surface area contributed by atoms with Crippen LogP contribution in [0.3, 0.4) is 0 Å². The fourth-order valence-corrected chi connectivity index (χ4v) is 5.54. The van der Waals surface area contributed by atoms with E-state index in [9.17, 15) is 4.21 Å². The Kier molecular flexibility index (Phi) is 10.4. The zero-order valence-corrected chi connectivity index (χ0v) is 14.6. The molecular weight excluding hydrogens is 308 g/mol. The molecule has 0 aliphatic carbocycles. The van der Waals surface area contributed by atoms with Gasteiger partial charge in [0.25, 0.3) is 9.05 Å². The topological polar surface area (TPSA) is 63.2 Å². The Hall–Kier alpha value is 0.387. The van der Waals surface area contributed by atoms with Gasteiger partial charge in [0, 0.05) is 31.0 Å². The second-order valence-electron chi connectivity index (χ2n) is 3.47. The van der Waals surface area contributed by atoms with E-state index in [0.29, 0.717) is 19.8 Å². The van der Waals surface area contributed by atoms with Crippen LogP contribution < -0.4 is 0 Å². The number of hydrogen-bond donors (Lipinski definition) is 0. The van der Waals surface area contributed by atoms with Crippen LogP contribution in [0.5, 0.6) is 0 Å². The van der Waals surface area contributed by atoms with Crippen LogP contribution in [-0.4, -0.2) is 39.7 Å². The highest BCUT2D eigenvalue weighted by Gasteiger charge is 2.49. The molecule has 0 aromatic heterocycles. The van der Waals surface area contributed by atoms with Gasteiger partial charge in [-0.05, 0) is 27.2 Å². The first-order valence-corrected chi connectivity index (χ1v) is 10.4. The highest BCUT2D eigenvalue weighted by Crippen LogP contribution is 2.17. The molecule has 0 aliphatic rings. The van der Waals surface area contributed by atoms with Crippen LogP contribution in [0.4, 0.5) is 0 Å². The van der Waals surface area contributed by atoms with E-state index < -0.39 is 18.1 Å². The van der Waals surface area contributed by atoms with E-state index in [0.717, 1.165) is 12.8 Å². The summed E-state index contributed by atoms with van der Waals surface area (Å²) in [4.78, 5) is 0. The van der Waals surface area contributed by atoms with Gasteiger partial charge in [0.15, 0.2) is 0 Å². The third kappa shape index (κ3) is 8.30. The van der Waals surface area contributed by atoms with E-state index in [2.05, 4.69) is 0 Å². The molecule has 0 rings (SSSR count). The Morgan fingerprint density at radius 1 is 1.00 bits per heavy atom. The number of hydrogen-bond acceptors (Lipinski definition) is 7. The smallest absolute Gasteiger partial charge is 0.351 e. The lowest BCUT2D eigenvalue weighted by molar-refractivity contribution is 0.00973. The van der Waals surface area contributed by atoms with Gasteiger partial charge in [0.2, 0.25) is 0 Å². The lowest BCUT2D eigenvalue weighted by Crippen LogP contribution is -2.50. The number of rotatable bonds is 12. The molecule has 9 heteroatoms. The van der Waals surface area contributed by atoms with Gasteiger partial charge in [0.1, 0.15) is 0 Å². The summed E-state index contributed by atoms with van der Waals surface area (Å²) in [5, 5.41) is 0. The van der Waals surface area contributed by atoms with Crippen molar-refractivity contribution in [2.45, 2.75) is 40.5 Å². The molecule has 0 heterocycles. The van der Waals surface area contributed by atoms with Crippen molar-refractivity contribution in [1.29, 1.82) is 0 Å². The van der Waals surface area contributed by atoms with Crippen LogP contribution in [0.1, 0.15) is 40.5 Å². The van der Waals surface area contributed by atoms with Crippen LogP contribution in [0, 0.1) is 0 Å². The van der Waals surface area contributed by atoms with Crippen LogP contribution in [-0.2, 0) is 41.6 Å². The molecule has 0 spiro atoms. The first kappa shape index (κ1) is 19.4. The molecule has 0 saturated carbocycles. The molecule has 1 unspecified atom stereocenters. The molecule has 116 valence electrons. The zero-order chi connectivity index (χ0) is 14.8. The fraction of sp³-hybridized carbons (Fsp3) is 1.00. The van der Waals surface area contributed by atoms with Crippen molar-refractivity contribution in [3.05, 3.63) is 0 Å². The van der Waals surface area contributed by atoms with Gasteiger partial charge in [-0.2, -0.15) is 4.21 Å². The maximum atomic E-state index is 12.1. The summed E-state index contributed by atoms with van der Waals surface area (Å²) < 4.78 is 38.6. The van der Waals surface area contributed by atoms with Gasteiger partial charge in [-0.25, -0.2) is 3.87 Å². The lowest BCUT2D eigenvalue weighted by atomic mass is 10.4. The van der Waals surface area contributed by atoms with E-state index in [1.54, 1.807) is 20.8 Å². The summed E-state index contributed by atoms with van der Waals surface area (Å²) in [6.07, 6.45) is 1.67. The minimum atomic E-state index is -3.50. The van der Waals surface area contributed by atoms with Crippen molar-refractivity contribution < 1.29 is 25.5 Å². The average Bonchev–Trinajstić information content (AvgIpc) is 2.29. The quantitative estimate of drug-likeness (QED) is 0.400. The standard InChI is InChI=1S/C10H24O6S2Si/c1-5-9-10-12-18(11,17)16-19(13-6-2,14-7-3)15-8-4/h5-10H2,1-4H3. The van der Waals surface area contributed by atoms with Crippen molar-refractivity contribution in [3.63, 3.8) is 0 Å². The summed E-state index contributed by atoms with van der Waals surface area (Å²) in [7, 11) is -6.85. The minimum Gasteiger partial charge on any atom is -0.351 e. The second-order valence-corrected chi connectivity index (χ2v) is 8.28. The molecule has 19 heavy (non-hydrogen) atoms. The van der Waals surface area contributed by atoms with E-state index in [4.69, 9.17) is 32.5 Å². The second kappa shape index (κ2) is 10.2. The van der Waals surface area contributed by atoms with E-state index >= 15 is 0 Å². The zero-order valence-electron chi connectivity index (χ0n) is 12.0. The van der Waals surface area contributed by atoms with Crippen LogP contribution >= 0.6 is 0 Å². The van der Waals surface area contributed by atoms with Crippen LogP contribution in [0.2, 0.25) is 0 Å². The highest BCUT2D eigenvalue weighted by atomic mass is 32.9. The molecule has 0 fully saturated rings. The molecule has 0 saturated heterocycles. The lowest BCUT2D eigenvalue weighted by Gasteiger charge is -2.26. The maximum Gasteiger partial charge on any atom is 0.694 e. The number of unbranched alkanes of at least 4 members (excludes halogenated alkanes) is 1. The van der Waals surface area contributed by atoms with Gasteiger partial charge in [-0.3, -0.25) is 4.18 Å². The van der Waals surface area contributed by atoms with E-state index in [-0.39, 0.29) is 6.61 Å². The van der Waals surface area contributed by atoms with E-state index in [1.807, 2.05) is 6.92 Å². The molecule has 0 amide bonds. The first-order chi connectivity index (χ1) is 8.95. The molecule has 0 N–H and O–H groups in total. The average molecular weight is 333 g/mol.